The van der Waals surface area contributed by atoms with Crippen LogP contribution < -0.4 is 5.32 Å². The van der Waals surface area contributed by atoms with E-state index in [0.717, 1.165) is 13.1 Å². The van der Waals surface area contributed by atoms with Gasteiger partial charge in [0.2, 0.25) is 0 Å². The maximum Gasteiger partial charge on any atom is 0.0446 e. The molecule has 2 nitrogen and oxygen atoms in total. The highest BCUT2D eigenvalue weighted by Gasteiger charge is 2.18. The topological polar surface area (TPSA) is 15.3 Å². The second kappa shape index (κ2) is 7.95. The summed E-state index contributed by atoms with van der Waals surface area (Å²) in [6.07, 6.45) is 1.20. The molecule has 0 bridgehead atoms. The van der Waals surface area contributed by atoms with Gasteiger partial charge >= 0.3 is 0 Å². The molecule has 0 saturated heterocycles. The number of benzene rings is 1. The van der Waals surface area contributed by atoms with E-state index in [2.05, 4.69) is 83.1 Å². The predicted molar refractivity (Wildman–Crippen MR) is 93.9 cm³/mol. The third-order valence-corrected chi connectivity index (χ3v) is 4.56. The summed E-state index contributed by atoms with van der Waals surface area (Å²) in [6, 6.07) is 10.2. The van der Waals surface area contributed by atoms with Crippen molar-refractivity contribution in [3.63, 3.8) is 0 Å². The fourth-order valence-corrected chi connectivity index (χ4v) is 2.69. The smallest absolute Gasteiger partial charge is 0.0446 e. The maximum absolute atomic E-state index is 3.48. The average molecular weight is 290 g/mol. The molecule has 2 atom stereocenters. The molecule has 1 aromatic carbocycles. The first-order chi connectivity index (χ1) is 9.83. The zero-order valence-electron chi connectivity index (χ0n) is 15.0. The van der Waals surface area contributed by atoms with Crippen LogP contribution in [-0.2, 0) is 5.41 Å². The predicted octanol–water partition coefficient (Wildman–Crippen LogP) is 4.37. The Morgan fingerprint density at radius 2 is 1.67 bits per heavy atom. The molecular formula is C19H34N2. The minimum Gasteiger partial charge on any atom is -0.312 e. The van der Waals surface area contributed by atoms with E-state index in [-0.39, 0.29) is 5.41 Å². The average Bonchev–Trinajstić information content (AvgIpc) is 2.47. The Morgan fingerprint density at radius 1 is 1.10 bits per heavy atom. The zero-order chi connectivity index (χ0) is 16.0. The fourth-order valence-electron chi connectivity index (χ4n) is 2.69. The van der Waals surface area contributed by atoms with E-state index in [4.69, 9.17) is 0 Å². The van der Waals surface area contributed by atoms with Gasteiger partial charge in [0, 0.05) is 18.6 Å². The number of nitrogens with zero attached hydrogens (tertiary/aromatic N) is 1. The first kappa shape index (κ1) is 18.2. The van der Waals surface area contributed by atoms with Gasteiger partial charge < -0.3 is 5.32 Å². The molecule has 2 unspecified atom stereocenters. The van der Waals surface area contributed by atoms with Gasteiger partial charge in [-0.3, -0.25) is 4.90 Å². The van der Waals surface area contributed by atoms with Gasteiger partial charge in [-0.05, 0) is 43.5 Å². The Bertz CT molecular complexity index is 403. The van der Waals surface area contributed by atoms with Crippen molar-refractivity contribution in [2.45, 2.75) is 65.5 Å². The summed E-state index contributed by atoms with van der Waals surface area (Å²) in [5.41, 5.74) is 3.00. The summed E-state index contributed by atoms with van der Waals surface area (Å²) in [4.78, 5) is 2.55. The van der Waals surface area contributed by atoms with Crippen molar-refractivity contribution in [2.24, 2.45) is 0 Å². The Morgan fingerprint density at radius 3 is 2.05 bits per heavy atom. The number of likely N-dealkylation sites (N-methyl/N-ethyl adjacent to an activating group) is 2. The monoisotopic (exact) mass is 290 g/mol. The lowest BCUT2D eigenvalue weighted by Gasteiger charge is -2.31. The molecule has 2 heteroatoms. The first-order valence-electron chi connectivity index (χ1n) is 8.35. The lowest BCUT2D eigenvalue weighted by atomic mass is 9.86. The number of rotatable bonds is 7. The van der Waals surface area contributed by atoms with E-state index in [1.807, 2.05) is 0 Å². The van der Waals surface area contributed by atoms with Crippen molar-refractivity contribution in [2.75, 3.05) is 20.1 Å². The lowest BCUT2D eigenvalue weighted by molar-refractivity contribution is 0.194. The molecule has 0 radical (unpaired) electrons. The highest BCUT2D eigenvalue weighted by atomic mass is 15.2. The van der Waals surface area contributed by atoms with Gasteiger partial charge in [-0.1, -0.05) is 58.9 Å². The van der Waals surface area contributed by atoms with Crippen LogP contribution in [-0.4, -0.2) is 31.1 Å². The van der Waals surface area contributed by atoms with Crippen LogP contribution in [0.4, 0.5) is 0 Å². The summed E-state index contributed by atoms with van der Waals surface area (Å²) >= 11 is 0. The van der Waals surface area contributed by atoms with E-state index < -0.39 is 0 Å². The van der Waals surface area contributed by atoms with Crippen molar-refractivity contribution >= 4 is 0 Å². The molecule has 0 saturated carbocycles. The number of hydrogen-bond donors (Lipinski definition) is 1. The van der Waals surface area contributed by atoms with Gasteiger partial charge in [0.1, 0.15) is 0 Å². The SMILES string of the molecule is CCC(C)N(CC)CC(NC)c1ccc(C(C)(C)C)cc1. The maximum atomic E-state index is 3.48. The van der Waals surface area contributed by atoms with Crippen molar-refractivity contribution in [3.8, 4) is 0 Å². The summed E-state index contributed by atoms with van der Waals surface area (Å²) in [5.74, 6) is 0. The van der Waals surface area contributed by atoms with Crippen LogP contribution >= 0.6 is 0 Å². The van der Waals surface area contributed by atoms with E-state index >= 15 is 0 Å². The molecule has 1 aromatic rings. The van der Waals surface area contributed by atoms with Crippen LogP contribution in [0.5, 0.6) is 0 Å². The molecule has 0 spiro atoms. The quantitative estimate of drug-likeness (QED) is 0.802. The van der Waals surface area contributed by atoms with Gasteiger partial charge in [-0.25, -0.2) is 0 Å². The van der Waals surface area contributed by atoms with Gasteiger partial charge in [0.25, 0.3) is 0 Å². The van der Waals surface area contributed by atoms with Gasteiger partial charge in [0.05, 0.1) is 0 Å². The number of hydrogen-bond acceptors (Lipinski definition) is 2. The molecule has 0 aromatic heterocycles. The Kier molecular flexibility index (Phi) is 6.89. The zero-order valence-corrected chi connectivity index (χ0v) is 15.0. The molecule has 0 heterocycles. The molecule has 0 aliphatic rings. The van der Waals surface area contributed by atoms with Crippen molar-refractivity contribution in [1.82, 2.24) is 10.2 Å². The third-order valence-electron chi connectivity index (χ3n) is 4.56. The van der Waals surface area contributed by atoms with Crippen molar-refractivity contribution < 1.29 is 0 Å². The molecule has 0 amide bonds. The third kappa shape index (κ3) is 5.12. The van der Waals surface area contributed by atoms with E-state index in [1.165, 1.54) is 17.5 Å². The largest absolute Gasteiger partial charge is 0.312 e. The van der Waals surface area contributed by atoms with E-state index in [9.17, 15) is 0 Å². The Labute approximate surface area is 131 Å². The first-order valence-corrected chi connectivity index (χ1v) is 8.35. The molecular weight excluding hydrogens is 256 g/mol. The summed E-state index contributed by atoms with van der Waals surface area (Å²) in [6.45, 7) is 15.8. The van der Waals surface area contributed by atoms with Gasteiger partial charge in [-0.15, -0.1) is 0 Å². The van der Waals surface area contributed by atoms with Gasteiger partial charge in [0.15, 0.2) is 0 Å². The highest BCUT2D eigenvalue weighted by molar-refractivity contribution is 5.29. The molecule has 21 heavy (non-hydrogen) atoms. The standard InChI is InChI=1S/C19H34N2/c1-8-15(3)21(9-2)14-18(20-7)16-10-12-17(13-11-16)19(4,5)6/h10-13,15,18,20H,8-9,14H2,1-7H3. The minimum atomic E-state index is 0.222. The van der Waals surface area contributed by atoms with E-state index in [0.29, 0.717) is 12.1 Å². The van der Waals surface area contributed by atoms with Crippen LogP contribution in [0.1, 0.15) is 65.1 Å². The molecule has 0 aliphatic carbocycles. The molecule has 1 N–H and O–H groups in total. The van der Waals surface area contributed by atoms with Crippen LogP contribution in [0.3, 0.4) is 0 Å². The van der Waals surface area contributed by atoms with E-state index in [1.54, 1.807) is 0 Å². The summed E-state index contributed by atoms with van der Waals surface area (Å²) in [5, 5.41) is 3.48. The number of nitrogens with one attached hydrogen (secondary N) is 1. The molecule has 0 aliphatic heterocycles. The summed E-state index contributed by atoms with van der Waals surface area (Å²) < 4.78 is 0. The molecule has 0 fully saturated rings. The second-order valence-electron chi connectivity index (χ2n) is 7.06. The Hall–Kier alpha value is -0.860. The van der Waals surface area contributed by atoms with Crippen LogP contribution in [0, 0.1) is 0 Å². The minimum absolute atomic E-state index is 0.222. The van der Waals surface area contributed by atoms with Crippen LogP contribution in [0.25, 0.3) is 0 Å². The van der Waals surface area contributed by atoms with Crippen molar-refractivity contribution in [1.29, 1.82) is 0 Å². The van der Waals surface area contributed by atoms with Crippen molar-refractivity contribution in [3.05, 3.63) is 35.4 Å². The summed E-state index contributed by atoms with van der Waals surface area (Å²) in [7, 11) is 2.06. The normalized spacial score (nSPS) is 15.2. The van der Waals surface area contributed by atoms with Crippen LogP contribution in [0.15, 0.2) is 24.3 Å². The fraction of sp³-hybridized carbons (Fsp3) is 0.684. The highest BCUT2D eigenvalue weighted by Crippen LogP contribution is 2.24. The Balaban J connectivity index is 2.85. The lowest BCUT2D eigenvalue weighted by Crippen LogP contribution is -2.39. The molecule has 120 valence electrons. The van der Waals surface area contributed by atoms with Crippen LogP contribution in [0.2, 0.25) is 0 Å². The molecule has 1 rings (SSSR count). The van der Waals surface area contributed by atoms with Gasteiger partial charge in [-0.2, -0.15) is 0 Å². The second-order valence-corrected chi connectivity index (χ2v) is 7.06.